The van der Waals surface area contributed by atoms with Crippen LogP contribution in [-0.4, -0.2) is 46.5 Å². The number of methoxy groups -OCH3 is 1. The van der Waals surface area contributed by atoms with Crippen molar-refractivity contribution in [1.82, 2.24) is 19.7 Å². The van der Waals surface area contributed by atoms with Gasteiger partial charge in [-0.1, -0.05) is 54.2 Å². The molecule has 0 saturated carbocycles. The second kappa shape index (κ2) is 11.0. The van der Waals surface area contributed by atoms with Gasteiger partial charge in [0.15, 0.2) is 5.16 Å². The van der Waals surface area contributed by atoms with E-state index in [4.69, 9.17) is 9.47 Å². The molecule has 1 aliphatic heterocycles. The second-order valence-electron chi connectivity index (χ2n) is 8.34. The Balaban J connectivity index is 1.49. The molecule has 0 radical (unpaired) electrons. The molecule has 4 rings (SSSR count). The van der Waals surface area contributed by atoms with E-state index in [9.17, 15) is 0 Å². The first-order valence-corrected chi connectivity index (χ1v) is 12.1. The minimum Gasteiger partial charge on any atom is -0.496 e. The van der Waals surface area contributed by atoms with Gasteiger partial charge < -0.3 is 14.0 Å². The van der Waals surface area contributed by atoms with E-state index < -0.39 is 0 Å². The van der Waals surface area contributed by atoms with Crippen LogP contribution in [0.25, 0.3) is 0 Å². The first kappa shape index (κ1) is 22.8. The molecule has 0 amide bonds. The molecule has 6 nitrogen and oxygen atoms in total. The molecular formula is C25H32N4O2S. The van der Waals surface area contributed by atoms with Gasteiger partial charge in [-0.2, -0.15) is 0 Å². The Kier molecular flexibility index (Phi) is 7.84. The maximum absolute atomic E-state index is 5.93. The van der Waals surface area contributed by atoms with Gasteiger partial charge in [-0.15, -0.1) is 10.2 Å². The summed E-state index contributed by atoms with van der Waals surface area (Å²) in [5, 5.41) is 10.1. The largest absolute Gasteiger partial charge is 0.496 e. The van der Waals surface area contributed by atoms with Crippen LogP contribution in [0.3, 0.4) is 0 Å². The van der Waals surface area contributed by atoms with Crippen LogP contribution in [0.4, 0.5) is 0 Å². The van der Waals surface area contributed by atoms with Crippen molar-refractivity contribution in [2.75, 3.05) is 20.8 Å². The van der Waals surface area contributed by atoms with Crippen molar-refractivity contribution in [3.8, 4) is 5.75 Å². The Morgan fingerprint density at radius 2 is 1.88 bits per heavy atom. The van der Waals surface area contributed by atoms with Gasteiger partial charge >= 0.3 is 0 Å². The van der Waals surface area contributed by atoms with Gasteiger partial charge in [-0.05, 0) is 44.0 Å². The fraction of sp³-hybridized carbons (Fsp3) is 0.440. The molecule has 2 heterocycles. The highest BCUT2D eigenvalue weighted by Crippen LogP contribution is 2.26. The lowest BCUT2D eigenvalue weighted by atomic mass is 10.1. The summed E-state index contributed by atoms with van der Waals surface area (Å²) in [5.41, 5.74) is 3.80. The van der Waals surface area contributed by atoms with Crippen molar-refractivity contribution in [2.24, 2.45) is 0 Å². The molecule has 0 unspecified atom stereocenters. The van der Waals surface area contributed by atoms with E-state index in [1.165, 1.54) is 11.1 Å². The van der Waals surface area contributed by atoms with Crippen LogP contribution in [0.1, 0.15) is 35.4 Å². The lowest BCUT2D eigenvalue weighted by Crippen LogP contribution is -2.23. The summed E-state index contributed by atoms with van der Waals surface area (Å²) < 4.78 is 13.7. The van der Waals surface area contributed by atoms with Crippen molar-refractivity contribution in [3.05, 3.63) is 71.0 Å². The predicted molar refractivity (Wildman–Crippen MR) is 128 cm³/mol. The highest BCUT2D eigenvalue weighted by molar-refractivity contribution is 7.98. The molecule has 1 atom stereocenters. The average Bonchev–Trinajstić information content (AvgIpc) is 3.44. The summed E-state index contributed by atoms with van der Waals surface area (Å²) in [6.45, 7) is 5.30. The van der Waals surface area contributed by atoms with Crippen molar-refractivity contribution in [1.29, 1.82) is 0 Å². The van der Waals surface area contributed by atoms with Gasteiger partial charge in [0.05, 0.1) is 26.3 Å². The maximum Gasteiger partial charge on any atom is 0.191 e. The summed E-state index contributed by atoms with van der Waals surface area (Å²) >= 11 is 1.75. The zero-order valence-electron chi connectivity index (χ0n) is 19.2. The number of aryl methyl sites for hydroxylation is 1. The van der Waals surface area contributed by atoms with E-state index >= 15 is 0 Å². The van der Waals surface area contributed by atoms with E-state index in [1.54, 1.807) is 18.9 Å². The van der Waals surface area contributed by atoms with Gasteiger partial charge in [-0.3, -0.25) is 4.90 Å². The van der Waals surface area contributed by atoms with Crippen molar-refractivity contribution in [3.63, 3.8) is 0 Å². The monoisotopic (exact) mass is 452 g/mol. The van der Waals surface area contributed by atoms with E-state index in [-0.39, 0.29) is 6.10 Å². The third-order valence-electron chi connectivity index (χ3n) is 5.87. The zero-order valence-corrected chi connectivity index (χ0v) is 20.0. The molecule has 7 heteroatoms. The number of hydrogen-bond donors (Lipinski definition) is 0. The molecule has 3 aromatic rings. The van der Waals surface area contributed by atoms with Gasteiger partial charge in [0.1, 0.15) is 11.6 Å². The summed E-state index contributed by atoms with van der Waals surface area (Å²) in [6.07, 6.45) is 2.46. The molecule has 1 saturated heterocycles. The molecule has 1 aliphatic rings. The van der Waals surface area contributed by atoms with Crippen LogP contribution in [0.15, 0.2) is 53.7 Å². The topological polar surface area (TPSA) is 52.4 Å². The minimum absolute atomic E-state index is 0.238. The number of benzene rings is 2. The molecular weight excluding hydrogens is 420 g/mol. The number of nitrogens with zero attached hydrogens (tertiary/aromatic N) is 4. The first-order valence-electron chi connectivity index (χ1n) is 11.2. The quantitative estimate of drug-likeness (QED) is 0.416. The Hall–Kier alpha value is -2.35. The molecule has 0 bridgehead atoms. The van der Waals surface area contributed by atoms with Gasteiger partial charge in [-0.25, -0.2) is 0 Å². The second-order valence-corrected chi connectivity index (χ2v) is 9.29. The summed E-state index contributed by atoms with van der Waals surface area (Å²) in [5.74, 6) is 2.77. The SMILES string of the molecule is COc1ccccc1CN(C)Cc1nnc(SCc2ccccc2C)n1C[C@@H]1CCCO1. The normalized spacial score (nSPS) is 16.1. The van der Waals surface area contributed by atoms with Crippen LogP contribution in [-0.2, 0) is 30.1 Å². The molecule has 0 spiro atoms. The lowest BCUT2D eigenvalue weighted by Gasteiger charge is -2.20. The smallest absolute Gasteiger partial charge is 0.191 e. The van der Waals surface area contributed by atoms with Crippen LogP contribution < -0.4 is 4.74 Å². The van der Waals surface area contributed by atoms with Crippen LogP contribution >= 0.6 is 11.8 Å². The predicted octanol–water partition coefficient (Wildman–Crippen LogP) is 4.70. The van der Waals surface area contributed by atoms with Crippen molar-refractivity contribution < 1.29 is 9.47 Å². The zero-order chi connectivity index (χ0) is 22.3. The fourth-order valence-electron chi connectivity index (χ4n) is 4.05. The van der Waals surface area contributed by atoms with E-state index in [0.717, 1.165) is 60.6 Å². The van der Waals surface area contributed by atoms with Crippen LogP contribution in [0, 0.1) is 6.92 Å². The third-order valence-corrected chi connectivity index (χ3v) is 6.88. The molecule has 32 heavy (non-hydrogen) atoms. The standard InChI is InChI=1S/C25H32N4O2S/c1-19-9-4-5-11-21(19)18-32-25-27-26-24(29(25)16-22-12-8-14-31-22)17-28(2)15-20-10-6-7-13-23(20)30-3/h4-7,9-11,13,22H,8,12,14-18H2,1-3H3/t22-/m0/s1. The van der Waals surface area contributed by atoms with Crippen molar-refractivity contribution >= 4 is 11.8 Å². The number of hydrogen-bond acceptors (Lipinski definition) is 6. The minimum atomic E-state index is 0.238. The van der Waals surface area contributed by atoms with Crippen molar-refractivity contribution in [2.45, 2.75) is 56.4 Å². The van der Waals surface area contributed by atoms with Crippen LogP contribution in [0.5, 0.6) is 5.75 Å². The Labute approximate surface area is 194 Å². The average molecular weight is 453 g/mol. The highest BCUT2D eigenvalue weighted by atomic mass is 32.2. The summed E-state index contributed by atoms with van der Waals surface area (Å²) in [4.78, 5) is 2.25. The third kappa shape index (κ3) is 5.71. The molecule has 1 aromatic heterocycles. The molecule has 0 aliphatic carbocycles. The van der Waals surface area contributed by atoms with E-state index in [2.05, 4.69) is 64.0 Å². The lowest BCUT2D eigenvalue weighted by molar-refractivity contribution is 0.0934. The Bertz CT molecular complexity index is 1020. The fourth-order valence-corrected chi connectivity index (χ4v) is 5.10. The van der Waals surface area contributed by atoms with Gasteiger partial charge in [0, 0.05) is 24.5 Å². The number of rotatable bonds is 10. The van der Waals surface area contributed by atoms with E-state index in [1.807, 2.05) is 18.2 Å². The van der Waals surface area contributed by atoms with Crippen LogP contribution in [0.2, 0.25) is 0 Å². The maximum atomic E-state index is 5.93. The Morgan fingerprint density at radius 1 is 1.09 bits per heavy atom. The number of ether oxygens (including phenoxy) is 2. The highest BCUT2D eigenvalue weighted by Gasteiger charge is 2.22. The number of aromatic nitrogens is 3. The molecule has 2 aromatic carbocycles. The van der Waals surface area contributed by atoms with Gasteiger partial charge in [0.25, 0.3) is 0 Å². The Morgan fingerprint density at radius 3 is 2.62 bits per heavy atom. The van der Waals surface area contributed by atoms with E-state index in [0.29, 0.717) is 6.54 Å². The summed E-state index contributed by atoms with van der Waals surface area (Å²) in [6, 6.07) is 16.7. The molecule has 1 fully saturated rings. The number of para-hydroxylation sites is 1. The molecule has 0 N–H and O–H groups in total. The molecule has 170 valence electrons. The number of thioether (sulfide) groups is 1. The van der Waals surface area contributed by atoms with Gasteiger partial charge in [0.2, 0.25) is 0 Å². The first-order chi connectivity index (χ1) is 15.6. The summed E-state index contributed by atoms with van der Waals surface area (Å²) in [7, 11) is 3.83.